The topological polar surface area (TPSA) is 27.7 Å². The second kappa shape index (κ2) is 21.9. The molecule has 0 spiro atoms. The van der Waals surface area contributed by atoms with Crippen LogP contribution in [-0.2, 0) is 0 Å². The minimum absolute atomic E-state index is 0.667. The molecule has 82 heavy (non-hydrogen) atoms. The zero-order chi connectivity index (χ0) is 54.9. The molecule has 0 aliphatic heterocycles. The lowest BCUT2D eigenvalue weighted by Gasteiger charge is -2.18. The molecule has 0 aliphatic carbocycles. The van der Waals surface area contributed by atoms with E-state index in [0.29, 0.717) is 6.06 Å². The SMILES string of the molecule is [B]CP.c1ccc(-c2c3ccccc3c(-c3ccc(-n4c(-c5ccccc5)nc5ccccc54)cc3)c3ccccc23)cc1.c1ccc2c(c1)c1ccccc1n2-c1ccc(-c2ccc(-n3c4ccccc4c4ccccc43)cc2)cc1. The van der Waals surface area contributed by atoms with E-state index in [2.05, 4.69) is 314 Å². The molecule has 386 valence electrons. The van der Waals surface area contributed by atoms with E-state index in [-0.39, 0.29) is 0 Å². The number of nitrogens with zero attached hydrogens (tertiary/aromatic N) is 4. The summed E-state index contributed by atoms with van der Waals surface area (Å²) in [5.41, 5.74) is 19.0. The summed E-state index contributed by atoms with van der Waals surface area (Å²) < 4.78 is 6.99. The number of hydrogen-bond donors (Lipinski definition) is 0. The molecule has 0 N–H and O–H groups in total. The van der Waals surface area contributed by atoms with Gasteiger partial charge in [0.25, 0.3) is 0 Å². The van der Waals surface area contributed by atoms with E-state index in [4.69, 9.17) is 12.8 Å². The molecule has 2 radical (unpaired) electrons. The normalized spacial score (nSPS) is 11.3. The third kappa shape index (κ3) is 8.93. The molecule has 4 nitrogen and oxygen atoms in total. The molecule has 0 amide bonds. The number of imidazole rings is 1. The van der Waals surface area contributed by atoms with Gasteiger partial charge in [0.05, 0.1) is 40.9 Å². The molecule has 1 atom stereocenters. The molecular weight excluding hydrogens is 1010 g/mol. The van der Waals surface area contributed by atoms with Gasteiger partial charge < -0.3 is 9.13 Å². The molecule has 3 heterocycles. The average Bonchev–Trinajstić information content (AvgIpc) is 4.39. The molecule has 16 rings (SSSR count). The summed E-state index contributed by atoms with van der Waals surface area (Å²) in [6.07, 6.45) is 0. The van der Waals surface area contributed by atoms with E-state index >= 15 is 0 Å². The first kappa shape index (κ1) is 50.2. The largest absolute Gasteiger partial charge is 0.309 e. The monoisotopic (exact) mass is 1060 g/mol. The van der Waals surface area contributed by atoms with Gasteiger partial charge in [-0.15, -0.1) is 9.24 Å². The van der Waals surface area contributed by atoms with Gasteiger partial charge in [-0.05, 0) is 128 Å². The first-order chi connectivity index (χ1) is 40.6. The van der Waals surface area contributed by atoms with Gasteiger partial charge >= 0.3 is 0 Å². The maximum absolute atomic E-state index is 5.02. The second-order valence-corrected chi connectivity index (χ2v) is 20.9. The van der Waals surface area contributed by atoms with E-state index in [0.717, 1.165) is 28.1 Å². The molecule has 0 aliphatic rings. The van der Waals surface area contributed by atoms with Gasteiger partial charge in [-0.25, -0.2) is 4.98 Å². The Morgan fingerprint density at radius 3 is 0.902 bits per heavy atom. The molecule has 0 saturated carbocycles. The van der Waals surface area contributed by atoms with Gasteiger partial charge in [0.15, 0.2) is 0 Å². The van der Waals surface area contributed by atoms with Crippen molar-refractivity contribution in [2.24, 2.45) is 0 Å². The van der Waals surface area contributed by atoms with Crippen molar-refractivity contribution in [2.75, 3.05) is 6.06 Å². The zero-order valence-corrected chi connectivity index (χ0v) is 46.2. The van der Waals surface area contributed by atoms with Crippen molar-refractivity contribution >= 4 is 93.3 Å². The summed E-state index contributed by atoms with van der Waals surface area (Å²) in [5.74, 6) is 0.947. The van der Waals surface area contributed by atoms with E-state index in [1.165, 1.54) is 110 Å². The fraction of sp³-hybridized carbons (Fsp3) is 0.0132. The molecule has 6 heteroatoms. The van der Waals surface area contributed by atoms with Gasteiger partial charge in [0, 0.05) is 44.2 Å². The van der Waals surface area contributed by atoms with Crippen molar-refractivity contribution in [3.05, 3.63) is 303 Å². The first-order valence-electron chi connectivity index (χ1n) is 27.9. The molecule has 13 aromatic carbocycles. The zero-order valence-electron chi connectivity index (χ0n) is 45.0. The van der Waals surface area contributed by atoms with Crippen LogP contribution in [0, 0.1) is 0 Å². The highest BCUT2D eigenvalue weighted by Crippen LogP contribution is 2.44. The highest BCUT2D eigenvalue weighted by atomic mass is 31.0. The highest BCUT2D eigenvalue weighted by Gasteiger charge is 2.19. The fourth-order valence-electron chi connectivity index (χ4n) is 12.2. The van der Waals surface area contributed by atoms with Crippen molar-refractivity contribution in [3.63, 3.8) is 0 Å². The molecule has 0 bridgehead atoms. The van der Waals surface area contributed by atoms with Crippen LogP contribution in [-0.4, -0.2) is 32.6 Å². The Labute approximate surface area is 480 Å². The summed E-state index contributed by atoms with van der Waals surface area (Å²) in [6.45, 7) is 0. The number of fused-ring (bicyclic) bond motifs is 9. The number of rotatable bonds is 7. The summed E-state index contributed by atoms with van der Waals surface area (Å²) in [4.78, 5) is 5.02. The third-order valence-electron chi connectivity index (χ3n) is 15.7. The Hall–Kier alpha value is -10.1. The van der Waals surface area contributed by atoms with E-state index in [1.807, 2.05) is 12.1 Å². The van der Waals surface area contributed by atoms with Gasteiger partial charge in [0.1, 0.15) is 5.82 Å². The lowest BCUT2D eigenvalue weighted by molar-refractivity contribution is 1.10. The standard InChI is InChI=1S/C39H26N2.C36H24N2.CH4BP/c1-3-13-27(14-4-1)37-31-17-7-9-19-33(31)38(34-20-10-8-18-32(34)37)28-23-25-30(26-24-28)41-36-22-12-11-21-35(36)40-39(41)29-15-5-2-6-16-29;1-5-13-33-29(9-1)30-10-2-6-14-34(30)37(33)27-21-17-25(18-22-27)26-19-23-28(24-20-26)38-35-15-7-3-11-31(35)32-12-4-8-16-36(32)38;2-1-3/h1-26H;1-24H;1,3H2. The first-order valence-corrected chi connectivity index (χ1v) is 28.7. The molecule has 0 saturated heterocycles. The Morgan fingerprint density at radius 1 is 0.256 bits per heavy atom. The third-order valence-corrected chi connectivity index (χ3v) is 15.7. The minimum atomic E-state index is 0.667. The Balaban J connectivity index is 0.000000141. The predicted octanol–water partition coefficient (Wildman–Crippen LogP) is 19.9. The van der Waals surface area contributed by atoms with Crippen LogP contribution in [0.15, 0.2) is 303 Å². The predicted molar refractivity (Wildman–Crippen MR) is 353 cm³/mol. The van der Waals surface area contributed by atoms with Gasteiger partial charge in [-0.1, -0.05) is 237 Å². The van der Waals surface area contributed by atoms with Crippen molar-refractivity contribution < 1.29 is 0 Å². The highest BCUT2D eigenvalue weighted by molar-refractivity contribution is 7.19. The van der Waals surface area contributed by atoms with E-state index < -0.39 is 0 Å². The Kier molecular flexibility index (Phi) is 13.4. The van der Waals surface area contributed by atoms with Crippen LogP contribution in [0.4, 0.5) is 0 Å². The smallest absolute Gasteiger partial charge is 0.145 e. The number of para-hydroxylation sites is 6. The van der Waals surface area contributed by atoms with Crippen LogP contribution < -0.4 is 0 Å². The van der Waals surface area contributed by atoms with Crippen molar-refractivity contribution in [2.45, 2.75) is 0 Å². The van der Waals surface area contributed by atoms with Crippen molar-refractivity contribution in [1.82, 2.24) is 18.7 Å². The van der Waals surface area contributed by atoms with E-state index in [1.54, 1.807) is 0 Å². The lowest BCUT2D eigenvalue weighted by atomic mass is 9.86. The summed E-state index contributed by atoms with van der Waals surface area (Å²) >= 11 is 0. The summed E-state index contributed by atoms with van der Waals surface area (Å²) in [6, 6.07) is 109. The Morgan fingerprint density at radius 2 is 0.524 bits per heavy atom. The average molecular weight is 1070 g/mol. The molecule has 0 fully saturated rings. The van der Waals surface area contributed by atoms with Gasteiger partial charge in [-0.2, -0.15) is 0 Å². The fourth-order valence-corrected chi connectivity index (χ4v) is 12.2. The van der Waals surface area contributed by atoms with Gasteiger partial charge in [0.2, 0.25) is 0 Å². The van der Waals surface area contributed by atoms with Crippen LogP contribution in [0.25, 0.3) is 138 Å². The number of hydrogen-bond acceptors (Lipinski definition) is 1. The summed E-state index contributed by atoms with van der Waals surface area (Å²) in [5, 5.41) is 10.2. The molecular formula is C76H54BN4P. The second-order valence-electron chi connectivity index (χ2n) is 20.4. The quantitative estimate of drug-likeness (QED) is 0.0888. The van der Waals surface area contributed by atoms with Crippen LogP contribution in [0.1, 0.15) is 0 Å². The van der Waals surface area contributed by atoms with Gasteiger partial charge in [-0.3, -0.25) is 4.57 Å². The Bertz CT molecular complexity index is 4630. The molecule has 3 aromatic heterocycles. The minimum Gasteiger partial charge on any atom is -0.309 e. The number of benzene rings is 13. The maximum atomic E-state index is 5.02. The molecule has 1 unspecified atom stereocenters. The van der Waals surface area contributed by atoms with Crippen LogP contribution in [0.3, 0.4) is 0 Å². The van der Waals surface area contributed by atoms with E-state index in [9.17, 15) is 0 Å². The van der Waals surface area contributed by atoms with Crippen LogP contribution in [0.2, 0.25) is 0 Å². The van der Waals surface area contributed by atoms with Crippen LogP contribution >= 0.6 is 9.24 Å². The molecule has 16 aromatic rings. The van der Waals surface area contributed by atoms with Crippen molar-refractivity contribution in [1.29, 1.82) is 0 Å². The van der Waals surface area contributed by atoms with Crippen LogP contribution in [0.5, 0.6) is 0 Å². The summed E-state index contributed by atoms with van der Waals surface area (Å²) in [7, 11) is 7.17. The van der Waals surface area contributed by atoms with Crippen molar-refractivity contribution in [3.8, 4) is 61.8 Å². The number of aromatic nitrogens is 4. The maximum Gasteiger partial charge on any atom is 0.145 e. The lowest BCUT2D eigenvalue weighted by Crippen LogP contribution is -1.97.